The highest BCUT2D eigenvalue weighted by atomic mass is 16.5. The first-order valence-electron chi connectivity index (χ1n) is 10.5. The topological polar surface area (TPSA) is 87.7 Å². The number of fused-ring (bicyclic) bond motifs is 2. The van der Waals surface area contributed by atoms with Crippen LogP contribution in [0.25, 0.3) is 11.1 Å². The minimum atomic E-state index is -0.282. The Balaban J connectivity index is 1.27. The summed E-state index contributed by atoms with van der Waals surface area (Å²) in [5, 5.41) is 15.1. The molecule has 5 rings (SSSR count). The molecule has 1 aliphatic heterocycles. The zero-order valence-corrected chi connectivity index (χ0v) is 17.5. The van der Waals surface area contributed by atoms with E-state index in [2.05, 4.69) is 10.6 Å². The number of ether oxygens (including phenoxy) is 1. The number of hydrogen-bond acceptors (Lipinski definition) is 4. The van der Waals surface area contributed by atoms with Crippen molar-refractivity contribution >= 4 is 17.5 Å². The monoisotopic (exact) mass is 436 g/mol. The molecule has 6 nitrogen and oxygen atoms in total. The van der Waals surface area contributed by atoms with Crippen LogP contribution >= 0.6 is 0 Å². The van der Waals surface area contributed by atoms with Crippen LogP contribution in [0.4, 0.5) is 5.69 Å². The molecule has 1 heterocycles. The quantitative estimate of drug-likeness (QED) is 0.403. The number of phenols is 1. The average molecular weight is 436 g/mol. The van der Waals surface area contributed by atoms with Crippen molar-refractivity contribution in [2.75, 3.05) is 5.32 Å². The van der Waals surface area contributed by atoms with Gasteiger partial charge in [0.1, 0.15) is 11.5 Å². The lowest BCUT2D eigenvalue weighted by atomic mass is 10.0. The Morgan fingerprint density at radius 1 is 0.848 bits per heavy atom. The van der Waals surface area contributed by atoms with Crippen LogP contribution in [0.3, 0.4) is 0 Å². The van der Waals surface area contributed by atoms with Gasteiger partial charge < -0.3 is 20.5 Å². The molecule has 6 heteroatoms. The summed E-state index contributed by atoms with van der Waals surface area (Å²) in [7, 11) is 0. The van der Waals surface area contributed by atoms with Gasteiger partial charge in [0.15, 0.2) is 5.75 Å². The van der Waals surface area contributed by atoms with Crippen LogP contribution in [0, 0.1) is 0 Å². The summed E-state index contributed by atoms with van der Waals surface area (Å²) in [6.45, 7) is 0.361. The molecule has 0 aromatic heterocycles. The Bertz CT molecular complexity index is 1350. The molecule has 0 radical (unpaired) electrons. The minimum absolute atomic E-state index is 0.228. The van der Waals surface area contributed by atoms with Gasteiger partial charge in [0.25, 0.3) is 11.8 Å². The molecular formula is C27H20N2O4. The van der Waals surface area contributed by atoms with E-state index in [9.17, 15) is 14.7 Å². The Kier molecular flexibility index (Phi) is 5.24. The maximum absolute atomic E-state index is 12.7. The van der Waals surface area contributed by atoms with E-state index in [0.717, 1.165) is 16.7 Å². The highest BCUT2D eigenvalue weighted by Gasteiger charge is 2.21. The molecule has 4 aromatic carbocycles. The van der Waals surface area contributed by atoms with Gasteiger partial charge in [0.2, 0.25) is 0 Å². The van der Waals surface area contributed by atoms with Gasteiger partial charge in [-0.3, -0.25) is 9.59 Å². The number of carbonyl (C=O) groups excluding carboxylic acids is 2. The number of phenolic OH excluding ortho intramolecular Hbond substituents is 1. The van der Waals surface area contributed by atoms with Crippen LogP contribution in [-0.2, 0) is 6.54 Å². The number of hydrogen-bond donors (Lipinski definition) is 3. The molecule has 0 spiro atoms. The summed E-state index contributed by atoms with van der Waals surface area (Å²) >= 11 is 0. The Hall–Kier alpha value is -4.58. The van der Waals surface area contributed by atoms with E-state index in [4.69, 9.17) is 4.74 Å². The molecule has 0 unspecified atom stereocenters. The largest absolute Gasteiger partial charge is 0.508 e. The van der Waals surface area contributed by atoms with Crippen molar-refractivity contribution in [2.45, 2.75) is 6.54 Å². The smallest absolute Gasteiger partial charge is 0.259 e. The summed E-state index contributed by atoms with van der Waals surface area (Å²) in [6.07, 6.45) is 0. The third-order valence-corrected chi connectivity index (χ3v) is 5.45. The molecule has 0 fully saturated rings. The average Bonchev–Trinajstić information content (AvgIpc) is 2.98. The van der Waals surface area contributed by atoms with Crippen LogP contribution in [0.15, 0.2) is 91.0 Å². The molecule has 0 aliphatic carbocycles. The van der Waals surface area contributed by atoms with E-state index < -0.39 is 0 Å². The molecule has 0 bridgehead atoms. The standard InChI is InChI=1S/C27H20N2O4/c30-21-12-9-19(10-13-21)18-7-5-17(6-8-18)16-28-26(31)20-11-14-25-23(15-20)29-27(32)22-3-1-2-4-24(22)33-25/h1-15,30H,16H2,(H,28,31)(H,29,32). The van der Waals surface area contributed by atoms with E-state index in [0.29, 0.717) is 34.9 Å². The van der Waals surface area contributed by atoms with Crippen molar-refractivity contribution in [3.63, 3.8) is 0 Å². The summed E-state index contributed by atoms with van der Waals surface area (Å²) in [5.41, 5.74) is 4.28. The summed E-state index contributed by atoms with van der Waals surface area (Å²) < 4.78 is 5.86. The van der Waals surface area contributed by atoms with Crippen LogP contribution in [-0.4, -0.2) is 16.9 Å². The maximum atomic E-state index is 12.7. The molecule has 0 atom stereocenters. The number of rotatable bonds is 4. The van der Waals surface area contributed by atoms with Crippen LogP contribution < -0.4 is 15.4 Å². The van der Waals surface area contributed by atoms with Crippen LogP contribution in [0.5, 0.6) is 17.2 Å². The van der Waals surface area contributed by atoms with Gasteiger partial charge in [-0.2, -0.15) is 0 Å². The van der Waals surface area contributed by atoms with Crippen molar-refractivity contribution in [3.8, 4) is 28.4 Å². The van der Waals surface area contributed by atoms with E-state index in [1.54, 1.807) is 54.6 Å². The van der Waals surface area contributed by atoms with Crippen molar-refractivity contribution in [2.24, 2.45) is 0 Å². The summed E-state index contributed by atoms with van der Waals surface area (Å²) in [5.74, 6) is 0.648. The lowest BCUT2D eigenvalue weighted by molar-refractivity contribution is 0.0949. The molecule has 0 saturated heterocycles. The first-order chi connectivity index (χ1) is 16.1. The number of benzene rings is 4. The normalized spacial score (nSPS) is 11.9. The molecular weight excluding hydrogens is 416 g/mol. The van der Waals surface area contributed by atoms with Gasteiger partial charge in [0.05, 0.1) is 11.3 Å². The maximum Gasteiger partial charge on any atom is 0.259 e. The fourth-order valence-corrected chi connectivity index (χ4v) is 3.66. The number of carbonyl (C=O) groups is 2. The second-order valence-electron chi connectivity index (χ2n) is 7.69. The van der Waals surface area contributed by atoms with Gasteiger partial charge in [-0.25, -0.2) is 0 Å². The Morgan fingerprint density at radius 3 is 2.30 bits per heavy atom. The second-order valence-corrected chi connectivity index (χ2v) is 7.69. The second kappa shape index (κ2) is 8.51. The molecule has 4 aromatic rings. The highest BCUT2D eigenvalue weighted by molar-refractivity contribution is 6.08. The van der Waals surface area contributed by atoms with E-state index in [1.165, 1.54) is 0 Å². The number of amides is 2. The third kappa shape index (κ3) is 4.27. The molecule has 0 saturated carbocycles. The zero-order chi connectivity index (χ0) is 22.8. The molecule has 1 aliphatic rings. The fraction of sp³-hybridized carbons (Fsp3) is 0.0370. The number of anilines is 1. The predicted octanol–water partition coefficient (Wildman–Crippen LogP) is 5.35. The first-order valence-corrected chi connectivity index (χ1v) is 10.5. The van der Waals surface area contributed by atoms with Gasteiger partial charge in [0, 0.05) is 12.1 Å². The van der Waals surface area contributed by atoms with E-state index in [-0.39, 0.29) is 17.6 Å². The third-order valence-electron chi connectivity index (χ3n) is 5.45. The van der Waals surface area contributed by atoms with Gasteiger partial charge in [-0.05, 0) is 59.2 Å². The molecule has 2 amide bonds. The van der Waals surface area contributed by atoms with Crippen molar-refractivity contribution in [1.82, 2.24) is 5.32 Å². The van der Waals surface area contributed by atoms with Gasteiger partial charge >= 0.3 is 0 Å². The van der Waals surface area contributed by atoms with Gasteiger partial charge in [-0.15, -0.1) is 0 Å². The zero-order valence-electron chi connectivity index (χ0n) is 17.5. The molecule has 33 heavy (non-hydrogen) atoms. The highest BCUT2D eigenvalue weighted by Crippen LogP contribution is 2.36. The van der Waals surface area contributed by atoms with Crippen molar-refractivity contribution in [1.29, 1.82) is 0 Å². The summed E-state index contributed by atoms with van der Waals surface area (Å²) in [4.78, 5) is 25.2. The van der Waals surface area contributed by atoms with Crippen molar-refractivity contribution < 1.29 is 19.4 Å². The van der Waals surface area contributed by atoms with Crippen LogP contribution in [0.2, 0.25) is 0 Å². The Labute approximate surface area is 190 Å². The predicted molar refractivity (Wildman–Crippen MR) is 126 cm³/mol. The Morgan fingerprint density at radius 2 is 1.55 bits per heavy atom. The number of aromatic hydroxyl groups is 1. The molecule has 162 valence electrons. The van der Waals surface area contributed by atoms with Crippen LogP contribution in [0.1, 0.15) is 26.3 Å². The number of para-hydroxylation sites is 1. The van der Waals surface area contributed by atoms with E-state index in [1.807, 2.05) is 36.4 Å². The summed E-state index contributed by atoms with van der Waals surface area (Å²) in [6, 6.07) is 26.8. The van der Waals surface area contributed by atoms with E-state index >= 15 is 0 Å². The van der Waals surface area contributed by atoms with Crippen molar-refractivity contribution in [3.05, 3.63) is 108 Å². The van der Waals surface area contributed by atoms with Gasteiger partial charge in [-0.1, -0.05) is 48.5 Å². The lowest BCUT2D eigenvalue weighted by Crippen LogP contribution is -2.23. The fourth-order valence-electron chi connectivity index (χ4n) is 3.66. The first kappa shape index (κ1) is 20.3. The lowest BCUT2D eigenvalue weighted by Gasteiger charge is -2.11. The molecule has 3 N–H and O–H groups in total. The SMILES string of the molecule is O=C(NCc1ccc(-c2ccc(O)cc2)cc1)c1ccc2c(c1)NC(=O)c1ccccc1O2. The minimum Gasteiger partial charge on any atom is -0.508 e. The number of nitrogens with one attached hydrogen (secondary N) is 2.